The van der Waals surface area contributed by atoms with Gasteiger partial charge in [-0.05, 0) is 38.3 Å². The van der Waals surface area contributed by atoms with Crippen molar-refractivity contribution in [2.75, 3.05) is 26.7 Å². The van der Waals surface area contributed by atoms with Gasteiger partial charge in [0.15, 0.2) is 0 Å². The Hall–Kier alpha value is -1.92. The van der Waals surface area contributed by atoms with Gasteiger partial charge in [-0.3, -0.25) is 14.5 Å². The summed E-state index contributed by atoms with van der Waals surface area (Å²) in [4.78, 5) is 28.1. The van der Waals surface area contributed by atoms with Crippen molar-refractivity contribution in [3.8, 4) is 0 Å². The van der Waals surface area contributed by atoms with E-state index in [1.807, 2.05) is 23.1 Å². The number of hydrogen-bond donors (Lipinski definition) is 1. The molecule has 0 radical (unpaired) electrons. The lowest BCUT2D eigenvalue weighted by Crippen LogP contribution is -2.45. The summed E-state index contributed by atoms with van der Waals surface area (Å²) in [7, 11) is 2.07. The predicted molar refractivity (Wildman–Crippen MR) is 109 cm³/mol. The molecule has 28 heavy (non-hydrogen) atoms. The van der Waals surface area contributed by atoms with Gasteiger partial charge in [-0.2, -0.15) is 0 Å². The van der Waals surface area contributed by atoms with E-state index >= 15 is 0 Å². The smallest absolute Gasteiger partial charge is 0.224 e. The van der Waals surface area contributed by atoms with E-state index in [-0.39, 0.29) is 24.0 Å². The second kappa shape index (κ2) is 10.0. The predicted octanol–water partition coefficient (Wildman–Crippen LogP) is 2.18. The molecule has 3 rings (SSSR count). The van der Waals surface area contributed by atoms with Crippen LogP contribution in [0.5, 0.6) is 0 Å². The monoisotopic (exact) mass is 387 g/mol. The Bertz CT molecular complexity index is 644. The molecule has 1 N–H and O–H groups in total. The summed E-state index contributed by atoms with van der Waals surface area (Å²) in [5.74, 6) is 0.254. The minimum atomic E-state index is 0.00489. The van der Waals surface area contributed by atoms with Crippen molar-refractivity contribution in [2.45, 2.75) is 63.8 Å². The molecule has 6 nitrogen and oxygen atoms in total. The third kappa shape index (κ3) is 5.79. The SMILES string of the molecule is CC(=O)NC[C@H]1CC[C@@H](CC(=O)N2CCC(OCc3ccccc3)CC2)N1C. The van der Waals surface area contributed by atoms with Gasteiger partial charge in [0.05, 0.1) is 12.7 Å². The fourth-order valence-electron chi connectivity index (χ4n) is 4.23. The van der Waals surface area contributed by atoms with Gasteiger partial charge in [0.25, 0.3) is 0 Å². The standard InChI is InChI=1S/C22H33N3O3/c1-17(26)23-15-20-9-8-19(24(20)2)14-22(27)25-12-10-21(11-13-25)28-16-18-6-4-3-5-7-18/h3-7,19-21H,8-16H2,1-2H3,(H,23,26)/t19-,20+/m0/s1. The first-order chi connectivity index (χ1) is 13.5. The molecule has 0 saturated carbocycles. The summed E-state index contributed by atoms with van der Waals surface area (Å²) in [6, 6.07) is 10.8. The molecule has 0 bridgehead atoms. The van der Waals surface area contributed by atoms with Crippen molar-refractivity contribution in [3.63, 3.8) is 0 Å². The summed E-state index contributed by atoms with van der Waals surface area (Å²) < 4.78 is 6.03. The lowest BCUT2D eigenvalue weighted by atomic mass is 10.1. The lowest BCUT2D eigenvalue weighted by molar-refractivity contribution is -0.135. The third-order valence-electron chi connectivity index (χ3n) is 6.11. The minimum Gasteiger partial charge on any atom is -0.373 e. The number of carbonyl (C=O) groups excluding carboxylic acids is 2. The molecule has 2 amide bonds. The highest BCUT2D eigenvalue weighted by Gasteiger charge is 2.33. The van der Waals surface area contributed by atoms with Crippen molar-refractivity contribution in [3.05, 3.63) is 35.9 Å². The van der Waals surface area contributed by atoms with Gasteiger partial charge < -0.3 is 15.0 Å². The topological polar surface area (TPSA) is 61.9 Å². The van der Waals surface area contributed by atoms with Gasteiger partial charge >= 0.3 is 0 Å². The largest absolute Gasteiger partial charge is 0.373 e. The van der Waals surface area contributed by atoms with E-state index in [1.54, 1.807) is 6.92 Å². The Morgan fingerprint density at radius 1 is 1.07 bits per heavy atom. The van der Waals surface area contributed by atoms with E-state index in [2.05, 4.69) is 29.4 Å². The molecule has 1 aromatic carbocycles. The van der Waals surface area contributed by atoms with Crippen molar-refractivity contribution in [1.82, 2.24) is 15.1 Å². The van der Waals surface area contributed by atoms with Crippen LogP contribution in [0.25, 0.3) is 0 Å². The first kappa shape index (κ1) is 20.8. The van der Waals surface area contributed by atoms with Gasteiger partial charge in [0, 0.05) is 45.1 Å². The molecule has 0 spiro atoms. The van der Waals surface area contributed by atoms with E-state index in [9.17, 15) is 9.59 Å². The maximum Gasteiger partial charge on any atom is 0.224 e. The Morgan fingerprint density at radius 3 is 2.43 bits per heavy atom. The van der Waals surface area contributed by atoms with Gasteiger partial charge in [-0.15, -0.1) is 0 Å². The average Bonchev–Trinajstić information content (AvgIpc) is 3.05. The maximum absolute atomic E-state index is 12.7. The van der Waals surface area contributed by atoms with E-state index < -0.39 is 0 Å². The number of likely N-dealkylation sites (N-methyl/N-ethyl adjacent to an activating group) is 1. The second-order valence-corrected chi connectivity index (χ2v) is 8.07. The van der Waals surface area contributed by atoms with Crippen molar-refractivity contribution in [1.29, 1.82) is 0 Å². The summed E-state index contributed by atoms with van der Waals surface area (Å²) in [6.07, 6.45) is 4.67. The Labute approximate surface area is 168 Å². The van der Waals surface area contributed by atoms with E-state index in [4.69, 9.17) is 4.74 Å². The van der Waals surface area contributed by atoms with Crippen LogP contribution < -0.4 is 5.32 Å². The molecular weight excluding hydrogens is 354 g/mol. The van der Waals surface area contributed by atoms with Crippen LogP contribution in [0.15, 0.2) is 30.3 Å². The number of hydrogen-bond acceptors (Lipinski definition) is 4. The number of amides is 2. The van der Waals surface area contributed by atoms with Crippen LogP contribution in [-0.2, 0) is 20.9 Å². The molecular formula is C22H33N3O3. The van der Waals surface area contributed by atoms with E-state index in [1.165, 1.54) is 5.56 Å². The summed E-state index contributed by atoms with van der Waals surface area (Å²) in [5, 5.41) is 2.89. The zero-order valence-corrected chi connectivity index (χ0v) is 17.1. The number of ether oxygens (including phenoxy) is 1. The number of likely N-dealkylation sites (tertiary alicyclic amines) is 2. The van der Waals surface area contributed by atoms with Gasteiger partial charge in [0.2, 0.25) is 11.8 Å². The van der Waals surface area contributed by atoms with Crippen molar-refractivity contribution >= 4 is 11.8 Å². The zero-order chi connectivity index (χ0) is 19.9. The molecule has 0 aromatic heterocycles. The molecule has 2 saturated heterocycles. The van der Waals surface area contributed by atoms with Crippen LogP contribution in [-0.4, -0.2) is 66.5 Å². The summed E-state index contributed by atoms with van der Waals surface area (Å²) in [5.41, 5.74) is 1.19. The molecule has 2 atom stereocenters. The van der Waals surface area contributed by atoms with Crippen molar-refractivity contribution in [2.24, 2.45) is 0 Å². The number of nitrogens with one attached hydrogen (secondary N) is 1. The van der Waals surface area contributed by atoms with Crippen LogP contribution in [0, 0.1) is 0 Å². The first-order valence-corrected chi connectivity index (χ1v) is 10.4. The van der Waals surface area contributed by atoms with E-state index in [0.717, 1.165) is 38.8 Å². The molecule has 6 heteroatoms. The Balaban J connectivity index is 1.37. The molecule has 0 unspecified atom stereocenters. The molecule has 2 fully saturated rings. The van der Waals surface area contributed by atoms with E-state index in [0.29, 0.717) is 25.6 Å². The number of rotatable bonds is 7. The maximum atomic E-state index is 12.7. The normalized spacial score (nSPS) is 23.7. The molecule has 2 heterocycles. The fraction of sp³-hybridized carbons (Fsp3) is 0.636. The number of carbonyl (C=O) groups is 2. The number of benzene rings is 1. The molecule has 154 valence electrons. The van der Waals surface area contributed by atoms with Crippen LogP contribution in [0.1, 0.15) is 44.6 Å². The highest BCUT2D eigenvalue weighted by molar-refractivity contribution is 5.77. The number of nitrogens with zero attached hydrogens (tertiary/aromatic N) is 2. The quantitative estimate of drug-likeness (QED) is 0.779. The zero-order valence-electron chi connectivity index (χ0n) is 17.1. The molecule has 2 aliphatic rings. The van der Waals surface area contributed by atoms with Crippen LogP contribution in [0.4, 0.5) is 0 Å². The fourth-order valence-corrected chi connectivity index (χ4v) is 4.23. The van der Waals surface area contributed by atoms with Gasteiger partial charge in [-0.25, -0.2) is 0 Å². The molecule has 0 aliphatic carbocycles. The van der Waals surface area contributed by atoms with Gasteiger partial charge in [-0.1, -0.05) is 30.3 Å². The Morgan fingerprint density at radius 2 is 1.75 bits per heavy atom. The highest BCUT2D eigenvalue weighted by atomic mass is 16.5. The second-order valence-electron chi connectivity index (χ2n) is 8.07. The molecule has 1 aromatic rings. The van der Waals surface area contributed by atoms with Crippen LogP contribution in [0.2, 0.25) is 0 Å². The molecule has 2 aliphatic heterocycles. The van der Waals surface area contributed by atoms with Crippen molar-refractivity contribution < 1.29 is 14.3 Å². The first-order valence-electron chi connectivity index (χ1n) is 10.4. The summed E-state index contributed by atoms with van der Waals surface area (Å²) >= 11 is 0. The van der Waals surface area contributed by atoms with Gasteiger partial charge in [0.1, 0.15) is 0 Å². The lowest BCUT2D eigenvalue weighted by Gasteiger charge is -2.33. The third-order valence-corrected chi connectivity index (χ3v) is 6.11. The van der Waals surface area contributed by atoms with Crippen LogP contribution >= 0.6 is 0 Å². The average molecular weight is 388 g/mol. The highest BCUT2D eigenvalue weighted by Crippen LogP contribution is 2.25. The summed E-state index contributed by atoms with van der Waals surface area (Å²) in [6.45, 7) is 4.42. The number of piperidine rings is 1. The Kier molecular flexibility index (Phi) is 7.45. The minimum absolute atomic E-state index is 0.00489. The van der Waals surface area contributed by atoms with Crippen LogP contribution in [0.3, 0.4) is 0 Å².